The van der Waals surface area contributed by atoms with Gasteiger partial charge in [-0.3, -0.25) is 0 Å². The quantitative estimate of drug-likeness (QED) is 0.803. The standard InChI is InChI=1S/C13H15Br2NO2/c1-7-3-9(4-7)16-12-10(13(17)18-2)5-8(14)6-11(12)15/h5-7,9,16H,3-4H2,1-2H3. The number of rotatable bonds is 3. The summed E-state index contributed by atoms with van der Waals surface area (Å²) in [4.78, 5) is 11.8. The van der Waals surface area contributed by atoms with Crippen LogP contribution in [0.3, 0.4) is 0 Å². The number of hydrogen-bond donors (Lipinski definition) is 1. The molecule has 0 unspecified atom stereocenters. The van der Waals surface area contributed by atoms with E-state index in [2.05, 4.69) is 44.1 Å². The van der Waals surface area contributed by atoms with Crippen molar-refractivity contribution in [1.29, 1.82) is 0 Å². The third-order valence-electron chi connectivity index (χ3n) is 3.18. The fraction of sp³-hybridized carbons (Fsp3) is 0.462. The summed E-state index contributed by atoms with van der Waals surface area (Å²) in [5, 5.41) is 3.42. The lowest BCUT2D eigenvalue weighted by molar-refractivity contribution is 0.0601. The Kier molecular flexibility index (Phi) is 4.33. The monoisotopic (exact) mass is 375 g/mol. The van der Waals surface area contributed by atoms with Gasteiger partial charge in [-0.05, 0) is 46.8 Å². The third kappa shape index (κ3) is 2.88. The largest absolute Gasteiger partial charge is 0.465 e. The van der Waals surface area contributed by atoms with Gasteiger partial charge in [-0.15, -0.1) is 0 Å². The lowest BCUT2D eigenvalue weighted by atomic mass is 9.81. The average molecular weight is 377 g/mol. The van der Waals surface area contributed by atoms with Crippen LogP contribution in [0, 0.1) is 5.92 Å². The second-order valence-corrected chi connectivity index (χ2v) is 6.49. The maximum Gasteiger partial charge on any atom is 0.340 e. The zero-order chi connectivity index (χ0) is 13.3. The molecule has 2 rings (SSSR count). The first kappa shape index (κ1) is 13.9. The topological polar surface area (TPSA) is 38.3 Å². The lowest BCUT2D eigenvalue weighted by Gasteiger charge is -2.34. The number of esters is 1. The van der Waals surface area contributed by atoms with Gasteiger partial charge >= 0.3 is 5.97 Å². The zero-order valence-electron chi connectivity index (χ0n) is 10.3. The average Bonchev–Trinajstić information content (AvgIpc) is 2.28. The van der Waals surface area contributed by atoms with Gasteiger partial charge in [-0.2, -0.15) is 0 Å². The van der Waals surface area contributed by atoms with Crippen LogP contribution in [0.15, 0.2) is 21.1 Å². The molecule has 0 atom stereocenters. The molecule has 0 bridgehead atoms. The lowest BCUT2D eigenvalue weighted by Crippen LogP contribution is -2.34. The minimum absolute atomic E-state index is 0.327. The van der Waals surface area contributed by atoms with Crippen molar-refractivity contribution in [2.75, 3.05) is 12.4 Å². The van der Waals surface area contributed by atoms with E-state index in [1.165, 1.54) is 7.11 Å². The summed E-state index contributed by atoms with van der Waals surface area (Å²) in [6.07, 6.45) is 2.28. The van der Waals surface area contributed by atoms with Gasteiger partial charge in [0.2, 0.25) is 0 Å². The highest BCUT2D eigenvalue weighted by molar-refractivity contribution is 9.11. The minimum atomic E-state index is -0.327. The predicted molar refractivity (Wildman–Crippen MR) is 79.0 cm³/mol. The van der Waals surface area contributed by atoms with Gasteiger partial charge < -0.3 is 10.1 Å². The molecule has 3 nitrogen and oxygen atoms in total. The Hall–Kier alpha value is -0.550. The summed E-state index contributed by atoms with van der Waals surface area (Å²) >= 11 is 6.88. The van der Waals surface area contributed by atoms with Crippen LogP contribution >= 0.6 is 31.9 Å². The third-order valence-corrected chi connectivity index (χ3v) is 4.27. The van der Waals surface area contributed by atoms with Crippen molar-refractivity contribution in [3.8, 4) is 0 Å². The molecule has 0 amide bonds. The fourth-order valence-electron chi connectivity index (χ4n) is 2.22. The van der Waals surface area contributed by atoms with E-state index < -0.39 is 0 Å². The molecule has 0 spiro atoms. The van der Waals surface area contributed by atoms with Gasteiger partial charge in [0.05, 0.1) is 18.4 Å². The zero-order valence-corrected chi connectivity index (χ0v) is 13.5. The molecule has 0 radical (unpaired) electrons. The molecule has 1 aliphatic carbocycles. The highest BCUT2D eigenvalue weighted by Gasteiger charge is 2.27. The second-order valence-electron chi connectivity index (χ2n) is 4.72. The molecular weight excluding hydrogens is 362 g/mol. The molecule has 0 heterocycles. The Bertz CT molecular complexity index is 470. The Morgan fingerprint density at radius 1 is 1.39 bits per heavy atom. The van der Waals surface area contributed by atoms with Gasteiger partial charge in [0.25, 0.3) is 0 Å². The van der Waals surface area contributed by atoms with E-state index in [4.69, 9.17) is 4.74 Å². The molecule has 1 N–H and O–H groups in total. The smallest absolute Gasteiger partial charge is 0.340 e. The van der Waals surface area contributed by atoms with Crippen LogP contribution in [0.5, 0.6) is 0 Å². The van der Waals surface area contributed by atoms with Crippen LogP contribution in [0.1, 0.15) is 30.1 Å². The Morgan fingerprint density at radius 2 is 2.06 bits per heavy atom. The van der Waals surface area contributed by atoms with Crippen LogP contribution < -0.4 is 5.32 Å². The number of ether oxygens (including phenoxy) is 1. The second kappa shape index (κ2) is 5.61. The molecular formula is C13H15Br2NO2. The number of methoxy groups -OCH3 is 1. The van der Waals surface area contributed by atoms with E-state index in [0.29, 0.717) is 11.6 Å². The van der Waals surface area contributed by atoms with Gasteiger partial charge in [0.1, 0.15) is 0 Å². The van der Waals surface area contributed by atoms with Gasteiger partial charge in [-0.1, -0.05) is 22.9 Å². The highest BCUT2D eigenvalue weighted by Crippen LogP contribution is 2.36. The number of benzene rings is 1. The van der Waals surface area contributed by atoms with E-state index in [1.54, 1.807) is 6.07 Å². The number of halogens is 2. The van der Waals surface area contributed by atoms with Gasteiger partial charge in [0.15, 0.2) is 0 Å². The van der Waals surface area contributed by atoms with E-state index in [-0.39, 0.29) is 5.97 Å². The summed E-state index contributed by atoms with van der Waals surface area (Å²) < 4.78 is 6.54. The molecule has 0 aromatic heterocycles. The number of carbonyl (C=O) groups is 1. The van der Waals surface area contributed by atoms with Gasteiger partial charge in [0, 0.05) is 15.0 Å². The predicted octanol–water partition coefficient (Wildman–Crippen LogP) is 4.21. The number of anilines is 1. The molecule has 0 saturated heterocycles. The van der Waals surface area contributed by atoms with E-state index >= 15 is 0 Å². The van der Waals surface area contributed by atoms with E-state index in [1.807, 2.05) is 6.07 Å². The minimum Gasteiger partial charge on any atom is -0.465 e. The number of carbonyl (C=O) groups excluding carboxylic acids is 1. The molecule has 1 fully saturated rings. The Balaban J connectivity index is 2.28. The Morgan fingerprint density at radius 3 is 2.61 bits per heavy atom. The van der Waals surface area contributed by atoms with Crippen LogP contribution in [0.2, 0.25) is 0 Å². The van der Waals surface area contributed by atoms with Crippen LogP contribution in [0.25, 0.3) is 0 Å². The van der Waals surface area contributed by atoms with Gasteiger partial charge in [-0.25, -0.2) is 4.79 Å². The fourth-order valence-corrected chi connectivity index (χ4v) is 3.56. The van der Waals surface area contributed by atoms with Crippen molar-refractivity contribution >= 4 is 43.5 Å². The molecule has 1 aromatic carbocycles. The first-order chi connectivity index (χ1) is 8.51. The van der Waals surface area contributed by atoms with Crippen molar-refractivity contribution in [2.45, 2.75) is 25.8 Å². The summed E-state index contributed by atoms with van der Waals surface area (Å²) in [6, 6.07) is 4.15. The molecule has 1 aromatic rings. The Labute approximate surface area is 124 Å². The molecule has 5 heteroatoms. The maximum absolute atomic E-state index is 11.8. The van der Waals surface area contributed by atoms with Crippen molar-refractivity contribution in [3.05, 3.63) is 26.6 Å². The molecule has 1 aliphatic rings. The summed E-state index contributed by atoms with van der Waals surface area (Å²) in [7, 11) is 1.40. The SMILES string of the molecule is COC(=O)c1cc(Br)cc(Br)c1NC1CC(C)C1. The first-order valence-corrected chi connectivity index (χ1v) is 7.43. The summed E-state index contributed by atoms with van der Waals surface area (Å²) in [6.45, 7) is 2.23. The number of nitrogens with one attached hydrogen (secondary N) is 1. The van der Waals surface area contributed by atoms with Crippen molar-refractivity contribution in [1.82, 2.24) is 0 Å². The molecule has 18 heavy (non-hydrogen) atoms. The van der Waals surface area contributed by atoms with E-state index in [0.717, 1.165) is 33.4 Å². The van der Waals surface area contributed by atoms with Crippen LogP contribution in [-0.4, -0.2) is 19.1 Å². The molecule has 0 aliphatic heterocycles. The van der Waals surface area contributed by atoms with E-state index in [9.17, 15) is 4.79 Å². The normalized spacial score (nSPS) is 22.2. The molecule has 98 valence electrons. The first-order valence-electron chi connectivity index (χ1n) is 5.85. The van der Waals surface area contributed by atoms with Crippen LogP contribution in [-0.2, 0) is 4.74 Å². The summed E-state index contributed by atoms with van der Waals surface area (Å²) in [5.74, 6) is 0.435. The maximum atomic E-state index is 11.8. The van der Waals surface area contributed by atoms with Crippen LogP contribution in [0.4, 0.5) is 5.69 Å². The van der Waals surface area contributed by atoms with Crippen molar-refractivity contribution in [2.24, 2.45) is 5.92 Å². The van der Waals surface area contributed by atoms with Crippen molar-refractivity contribution in [3.63, 3.8) is 0 Å². The number of hydrogen-bond acceptors (Lipinski definition) is 3. The summed E-state index contributed by atoms with van der Waals surface area (Å²) in [5.41, 5.74) is 1.38. The molecule has 1 saturated carbocycles. The highest BCUT2D eigenvalue weighted by atomic mass is 79.9. The van der Waals surface area contributed by atoms with Crippen molar-refractivity contribution < 1.29 is 9.53 Å².